The Balaban J connectivity index is 2.22. The van der Waals surface area contributed by atoms with Crippen LogP contribution in [0.25, 0.3) is 0 Å². The molecule has 2 aromatic rings. The van der Waals surface area contributed by atoms with Gasteiger partial charge in [0, 0.05) is 0 Å². The van der Waals surface area contributed by atoms with E-state index in [1.165, 1.54) is 14.2 Å². The minimum absolute atomic E-state index is 0.366. The van der Waals surface area contributed by atoms with Gasteiger partial charge in [-0.1, -0.05) is 18.2 Å². The quantitative estimate of drug-likeness (QED) is 0.725. The second-order valence-corrected chi connectivity index (χ2v) is 5.28. The standard InChI is InChI=1S/C19H24O6/c1-4-24-15-10-9-13(11-17(15)23-3)19(21)18(12-20)25-16-8-6-5-7-14(16)22-2/h5-11,18-21H,4,12H2,1-3H3/t18-,19?/m0/s1. The van der Waals surface area contributed by atoms with Crippen LogP contribution in [0.5, 0.6) is 23.0 Å². The molecule has 0 fully saturated rings. The van der Waals surface area contributed by atoms with Crippen LogP contribution in [0.2, 0.25) is 0 Å². The molecule has 0 aliphatic carbocycles. The van der Waals surface area contributed by atoms with E-state index in [4.69, 9.17) is 18.9 Å². The summed E-state index contributed by atoms with van der Waals surface area (Å²) in [5.41, 5.74) is 0.550. The summed E-state index contributed by atoms with van der Waals surface area (Å²) in [6.45, 7) is 2.02. The van der Waals surface area contributed by atoms with Crippen molar-refractivity contribution in [1.82, 2.24) is 0 Å². The number of benzene rings is 2. The number of hydrogen-bond donors (Lipinski definition) is 2. The van der Waals surface area contributed by atoms with Crippen LogP contribution in [0.3, 0.4) is 0 Å². The Hall–Kier alpha value is -2.44. The molecule has 1 unspecified atom stereocenters. The van der Waals surface area contributed by atoms with Gasteiger partial charge in [0.2, 0.25) is 0 Å². The Bertz CT molecular complexity index is 673. The van der Waals surface area contributed by atoms with Crippen molar-refractivity contribution in [3.8, 4) is 23.0 Å². The first-order valence-electron chi connectivity index (χ1n) is 8.03. The number of hydrogen-bond acceptors (Lipinski definition) is 6. The highest BCUT2D eigenvalue weighted by atomic mass is 16.5. The van der Waals surface area contributed by atoms with Crippen molar-refractivity contribution in [1.29, 1.82) is 0 Å². The molecule has 2 aromatic carbocycles. The molecule has 6 heteroatoms. The highest BCUT2D eigenvalue weighted by Crippen LogP contribution is 2.33. The van der Waals surface area contributed by atoms with Crippen LogP contribution < -0.4 is 18.9 Å². The van der Waals surface area contributed by atoms with E-state index in [-0.39, 0.29) is 6.61 Å². The zero-order valence-electron chi connectivity index (χ0n) is 14.6. The van der Waals surface area contributed by atoms with Crippen molar-refractivity contribution in [2.75, 3.05) is 27.4 Å². The molecular formula is C19H24O6. The monoisotopic (exact) mass is 348 g/mol. The number of rotatable bonds is 9. The van der Waals surface area contributed by atoms with Gasteiger partial charge in [0.25, 0.3) is 0 Å². The normalized spacial score (nSPS) is 13.0. The van der Waals surface area contributed by atoms with E-state index in [1.807, 2.05) is 13.0 Å². The van der Waals surface area contributed by atoms with Gasteiger partial charge in [-0.3, -0.25) is 0 Å². The summed E-state index contributed by atoms with van der Waals surface area (Å²) in [7, 11) is 3.06. The average molecular weight is 348 g/mol. The molecule has 0 aliphatic heterocycles. The second-order valence-electron chi connectivity index (χ2n) is 5.28. The molecule has 2 atom stereocenters. The lowest BCUT2D eigenvalue weighted by Gasteiger charge is -2.24. The van der Waals surface area contributed by atoms with Gasteiger partial charge in [-0.05, 0) is 36.8 Å². The predicted octanol–water partition coefficient (Wildman–Crippen LogP) is 2.58. The molecule has 0 aliphatic rings. The highest BCUT2D eigenvalue weighted by Gasteiger charge is 2.24. The zero-order chi connectivity index (χ0) is 18.2. The third-order valence-electron chi connectivity index (χ3n) is 3.71. The van der Waals surface area contributed by atoms with E-state index in [9.17, 15) is 10.2 Å². The van der Waals surface area contributed by atoms with Crippen molar-refractivity contribution in [3.63, 3.8) is 0 Å². The Morgan fingerprint density at radius 2 is 1.60 bits per heavy atom. The molecule has 25 heavy (non-hydrogen) atoms. The van der Waals surface area contributed by atoms with Crippen LogP contribution in [0.15, 0.2) is 42.5 Å². The Labute approximate surface area is 147 Å². The highest BCUT2D eigenvalue weighted by molar-refractivity contribution is 5.44. The zero-order valence-corrected chi connectivity index (χ0v) is 14.6. The van der Waals surface area contributed by atoms with Gasteiger partial charge in [-0.25, -0.2) is 0 Å². The van der Waals surface area contributed by atoms with Crippen LogP contribution >= 0.6 is 0 Å². The summed E-state index contributed by atoms with van der Waals surface area (Å²) in [6.07, 6.45) is -1.92. The topological polar surface area (TPSA) is 77.4 Å². The molecule has 0 aromatic heterocycles. The summed E-state index contributed by atoms with van der Waals surface area (Å²) < 4.78 is 21.8. The van der Waals surface area contributed by atoms with Crippen LogP contribution in [0.4, 0.5) is 0 Å². The first kappa shape index (κ1) is 18.9. The summed E-state index contributed by atoms with van der Waals surface area (Å²) in [5.74, 6) is 2.07. The number of aliphatic hydroxyl groups is 2. The average Bonchev–Trinajstić information content (AvgIpc) is 2.66. The van der Waals surface area contributed by atoms with Gasteiger partial charge in [-0.2, -0.15) is 0 Å². The minimum atomic E-state index is -1.06. The summed E-state index contributed by atoms with van der Waals surface area (Å²) in [6, 6.07) is 12.2. The third kappa shape index (κ3) is 4.55. The van der Waals surface area contributed by atoms with E-state index in [1.54, 1.807) is 36.4 Å². The lowest BCUT2D eigenvalue weighted by atomic mass is 10.0. The predicted molar refractivity (Wildman–Crippen MR) is 93.6 cm³/mol. The summed E-state index contributed by atoms with van der Waals surface area (Å²) >= 11 is 0. The lowest BCUT2D eigenvalue weighted by Crippen LogP contribution is -2.29. The van der Waals surface area contributed by atoms with Gasteiger partial charge in [0.05, 0.1) is 27.4 Å². The van der Waals surface area contributed by atoms with Crippen LogP contribution in [-0.4, -0.2) is 43.8 Å². The minimum Gasteiger partial charge on any atom is -0.493 e. The molecule has 0 bridgehead atoms. The SMILES string of the molecule is CCOc1ccc(C(O)[C@H](CO)Oc2ccccc2OC)cc1OC. The first-order chi connectivity index (χ1) is 12.1. The second kappa shape index (κ2) is 9.15. The van der Waals surface area contributed by atoms with Crippen molar-refractivity contribution < 1.29 is 29.2 Å². The largest absolute Gasteiger partial charge is 0.493 e. The van der Waals surface area contributed by atoms with E-state index in [0.29, 0.717) is 35.2 Å². The van der Waals surface area contributed by atoms with Crippen LogP contribution in [-0.2, 0) is 0 Å². The van der Waals surface area contributed by atoms with Crippen LogP contribution in [0, 0.1) is 0 Å². The molecule has 0 heterocycles. The number of aliphatic hydroxyl groups excluding tert-OH is 2. The molecule has 2 N–H and O–H groups in total. The molecule has 0 saturated heterocycles. The van der Waals surface area contributed by atoms with Gasteiger partial charge < -0.3 is 29.2 Å². The maximum Gasteiger partial charge on any atom is 0.161 e. The molecule has 0 saturated carbocycles. The smallest absolute Gasteiger partial charge is 0.161 e. The van der Waals surface area contributed by atoms with Crippen molar-refractivity contribution in [2.45, 2.75) is 19.1 Å². The molecule has 136 valence electrons. The van der Waals surface area contributed by atoms with Gasteiger partial charge in [-0.15, -0.1) is 0 Å². The third-order valence-corrected chi connectivity index (χ3v) is 3.71. The molecule has 6 nitrogen and oxygen atoms in total. The summed E-state index contributed by atoms with van der Waals surface area (Å²) in [4.78, 5) is 0. The Morgan fingerprint density at radius 3 is 2.20 bits per heavy atom. The van der Waals surface area contributed by atoms with E-state index >= 15 is 0 Å². The van der Waals surface area contributed by atoms with Crippen molar-refractivity contribution >= 4 is 0 Å². The molecule has 0 radical (unpaired) electrons. The summed E-state index contributed by atoms with van der Waals surface area (Å²) in [5, 5.41) is 20.3. The number of ether oxygens (including phenoxy) is 4. The maximum absolute atomic E-state index is 10.6. The van der Waals surface area contributed by atoms with Crippen molar-refractivity contribution in [2.24, 2.45) is 0 Å². The van der Waals surface area contributed by atoms with E-state index in [0.717, 1.165) is 0 Å². The molecule has 0 spiro atoms. The van der Waals surface area contributed by atoms with Crippen LogP contribution in [0.1, 0.15) is 18.6 Å². The first-order valence-corrected chi connectivity index (χ1v) is 8.03. The lowest BCUT2D eigenvalue weighted by molar-refractivity contribution is -0.000519. The number of para-hydroxylation sites is 2. The van der Waals surface area contributed by atoms with E-state index in [2.05, 4.69) is 0 Å². The fourth-order valence-electron chi connectivity index (χ4n) is 2.44. The van der Waals surface area contributed by atoms with Crippen molar-refractivity contribution in [3.05, 3.63) is 48.0 Å². The Morgan fingerprint density at radius 1 is 0.920 bits per heavy atom. The molecule has 0 amide bonds. The Kier molecular flexibility index (Phi) is 6.91. The maximum atomic E-state index is 10.6. The number of methoxy groups -OCH3 is 2. The van der Waals surface area contributed by atoms with Gasteiger partial charge in [0.1, 0.15) is 6.10 Å². The van der Waals surface area contributed by atoms with Gasteiger partial charge in [0.15, 0.2) is 29.1 Å². The van der Waals surface area contributed by atoms with Gasteiger partial charge >= 0.3 is 0 Å². The van der Waals surface area contributed by atoms with E-state index < -0.39 is 12.2 Å². The fraction of sp³-hybridized carbons (Fsp3) is 0.368. The molecular weight excluding hydrogens is 324 g/mol. The fourth-order valence-corrected chi connectivity index (χ4v) is 2.44. The molecule has 2 rings (SSSR count).